The van der Waals surface area contributed by atoms with E-state index in [0.717, 1.165) is 41.6 Å². The van der Waals surface area contributed by atoms with Gasteiger partial charge in [-0.25, -0.2) is 0 Å². The van der Waals surface area contributed by atoms with Crippen LogP contribution in [0.4, 0.5) is 0 Å². The molecule has 0 N–H and O–H groups in total. The fourth-order valence-electron chi connectivity index (χ4n) is 6.26. The zero-order chi connectivity index (χ0) is 31.5. The second kappa shape index (κ2) is 13.6. The van der Waals surface area contributed by atoms with Crippen molar-refractivity contribution in [1.29, 1.82) is 0 Å². The highest BCUT2D eigenvalue weighted by molar-refractivity contribution is 6.31. The molecule has 44 heavy (non-hydrogen) atoms. The first kappa shape index (κ1) is 31.8. The molecule has 11 heteroatoms. The number of hydrogen-bond acceptors (Lipinski definition) is 10. The molecule has 3 fully saturated rings. The minimum absolute atomic E-state index is 0.289. The van der Waals surface area contributed by atoms with E-state index in [1.165, 1.54) is 34.1 Å². The molecule has 7 unspecified atom stereocenters. The quantitative estimate of drug-likeness (QED) is 0.265. The van der Waals surface area contributed by atoms with Gasteiger partial charge in [-0.05, 0) is 72.4 Å². The lowest BCUT2D eigenvalue weighted by molar-refractivity contribution is -0.254. The van der Waals surface area contributed by atoms with Crippen LogP contribution in [0.3, 0.4) is 0 Å². The van der Waals surface area contributed by atoms with E-state index in [4.69, 9.17) is 40.0 Å². The smallest absolute Gasteiger partial charge is 0.303 e. The molecular formula is C33H37ClO10. The van der Waals surface area contributed by atoms with Crippen molar-refractivity contribution in [2.24, 2.45) is 11.8 Å². The summed E-state index contributed by atoms with van der Waals surface area (Å²) in [7, 11) is 0. The van der Waals surface area contributed by atoms with Crippen LogP contribution in [0.15, 0.2) is 42.5 Å². The van der Waals surface area contributed by atoms with Crippen LogP contribution in [0.1, 0.15) is 69.8 Å². The summed E-state index contributed by atoms with van der Waals surface area (Å²) in [5.41, 5.74) is 2.36. The highest BCUT2D eigenvalue weighted by atomic mass is 35.5. The molecule has 1 heterocycles. The number of benzene rings is 2. The van der Waals surface area contributed by atoms with Crippen molar-refractivity contribution in [3.05, 3.63) is 64.2 Å². The fraction of sp³-hybridized carbons (Fsp3) is 0.515. The zero-order valence-electron chi connectivity index (χ0n) is 25.2. The predicted octanol–water partition coefficient (Wildman–Crippen LogP) is 4.91. The zero-order valence-corrected chi connectivity index (χ0v) is 25.9. The third-order valence-electron chi connectivity index (χ3n) is 8.21. The molecule has 0 amide bonds. The van der Waals surface area contributed by atoms with Crippen LogP contribution in [0.2, 0.25) is 5.02 Å². The second-order valence-electron chi connectivity index (χ2n) is 11.8. The summed E-state index contributed by atoms with van der Waals surface area (Å²) in [5, 5.41) is 0.518. The van der Waals surface area contributed by atoms with Crippen molar-refractivity contribution in [2.45, 2.75) is 90.0 Å². The highest BCUT2D eigenvalue weighted by Gasteiger charge is 2.52. The highest BCUT2D eigenvalue weighted by Crippen LogP contribution is 2.52. The number of carbonyl (C=O) groups is 4. The predicted molar refractivity (Wildman–Crippen MR) is 157 cm³/mol. The third-order valence-corrected chi connectivity index (χ3v) is 8.58. The second-order valence-corrected chi connectivity index (χ2v) is 12.2. The standard InChI is InChI=1S/C33H37ClO10/c1-17(35)39-16-29-31(40-18(2)36)33(42-20(4)38)32(41-19(3)37)30(44-29)22-7-10-28(34)25(12-22)11-21-5-8-26(9-6-21)43-27-14-23-13-24(23)15-27/h5-10,12,23-24,27,29-33H,11,13-16H2,1-4H3. The van der Waals surface area contributed by atoms with Crippen molar-refractivity contribution >= 4 is 35.5 Å². The van der Waals surface area contributed by atoms with Gasteiger partial charge in [-0.2, -0.15) is 0 Å². The van der Waals surface area contributed by atoms with Gasteiger partial charge in [0.1, 0.15) is 24.6 Å². The van der Waals surface area contributed by atoms with E-state index in [0.29, 0.717) is 17.0 Å². The molecule has 0 radical (unpaired) electrons. The van der Waals surface area contributed by atoms with Gasteiger partial charge in [0.25, 0.3) is 0 Å². The summed E-state index contributed by atoms with van der Waals surface area (Å²) in [6, 6.07) is 13.2. The summed E-state index contributed by atoms with van der Waals surface area (Å²) >= 11 is 6.62. The van der Waals surface area contributed by atoms with Crippen LogP contribution < -0.4 is 4.74 Å². The lowest BCUT2D eigenvalue weighted by atomic mass is 9.89. The normalized spacial score (nSPS) is 28.8. The van der Waals surface area contributed by atoms with Crippen molar-refractivity contribution in [2.75, 3.05) is 6.61 Å². The molecule has 236 valence electrons. The largest absolute Gasteiger partial charge is 0.490 e. The molecule has 0 bridgehead atoms. The number of fused-ring (bicyclic) bond motifs is 1. The van der Waals surface area contributed by atoms with Crippen molar-refractivity contribution in [3.63, 3.8) is 0 Å². The van der Waals surface area contributed by atoms with Gasteiger partial charge >= 0.3 is 23.9 Å². The number of rotatable bonds is 10. The summed E-state index contributed by atoms with van der Waals surface area (Å²) in [6.45, 7) is 4.51. The summed E-state index contributed by atoms with van der Waals surface area (Å²) in [4.78, 5) is 48.1. The van der Waals surface area contributed by atoms with Crippen LogP contribution in [-0.2, 0) is 49.3 Å². The Labute approximate surface area is 261 Å². The minimum atomic E-state index is -1.25. The fourth-order valence-corrected chi connectivity index (χ4v) is 6.44. The van der Waals surface area contributed by atoms with Gasteiger partial charge in [-0.15, -0.1) is 0 Å². The maximum Gasteiger partial charge on any atom is 0.303 e. The number of halogens is 1. The molecule has 1 saturated heterocycles. The van der Waals surface area contributed by atoms with E-state index >= 15 is 0 Å². The number of esters is 4. The number of hydrogen-bond donors (Lipinski definition) is 0. The van der Waals surface area contributed by atoms with Gasteiger partial charge in [0.15, 0.2) is 18.3 Å². The van der Waals surface area contributed by atoms with Gasteiger partial charge in [0.05, 0.1) is 6.10 Å². The molecule has 2 aromatic rings. The van der Waals surface area contributed by atoms with E-state index in [1.807, 2.05) is 30.3 Å². The average molecular weight is 629 g/mol. The Morgan fingerprint density at radius 3 is 2.00 bits per heavy atom. The average Bonchev–Trinajstić information content (AvgIpc) is 3.56. The van der Waals surface area contributed by atoms with Gasteiger partial charge in [0.2, 0.25) is 0 Å². The molecular weight excluding hydrogens is 592 g/mol. The molecule has 2 saturated carbocycles. The Hall–Kier alpha value is -3.63. The molecule has 3 aliphatic rings. The Morgan fingerprint density at radius 2 is 1.39 bits per heavy atom. The summed E-state index contributed by atoms with van der Waals surface area (Å²) in [5.74, 6) is -0.0850. The Bertz CT molecular complexity index is 1380. The van der Waals surface area contributed by atoms with Crippen molar-refractivity contribution in [1.82, 2.24) is 0 Å². The van der Waals surface area contributed by atoms with E-state index < -0.39 is 54.4 Å². The van der Waals surface area contributed by atoms with Crippen LogP contribution >= 0.6 is 11.6 Å². The Balaban J connectivity index is 1.41. The van der Waals surface area contributed by atoms with Crippen LogP contribution in [-0.4, -0.2) is 61.0 Å². The number of carbonyl (C=O) groups excluding carboxylic acids is 4. The Kier molecular flexibility index (Phi) is 9.80. The first-order valence-electron chi connectivity index (χ1n) is 14.8. The topological polar surface area (TPSA) is 124 Å². The van der Waals surface area contributed by atoms with Gasteiger partial charge in [-0.1, -0.05) is 35.9 Å². The lowest BCUT2D eigenvalue weighted by Gasteiger charge is -2.44. The molecule has 2 aromatic carbocycles. The van der Waals surface area contributed by atoms with Gasteiger partial charge in [0, 0.05) is 32.7 Å². The number of ether oxygens (including phenoxy) is 6. The van der Waals surface area contributed by atoms with Crippen molar-refractivity contribution < 1.29 is 47.6 Å². The van der Waals surface area contributed by atoms with Crippen LogP contribution in [0.25, 0.3) is 0 Å². The van der Waals surface area contributed by atoms with E-state index in [1.54, 1.807) is 12.1 Å². The maximum atomic E-state index is 12.2. The van der Waals surface area contributed by atoms with Gasteiger partial charge < -0.3 is 28.4 Å². The lowest BCUT2D eigenvalue weighted by Crippen LogP contribution is -2.59. The van der Waals surface area contributed by atoms with Crippen LogP contribution in [0.5, 0.6) is 5.75 Å². The molecule has 2 aliphatic carbocycles. The van der Waals surface area contributed by atoms with E-state index in [-0.39, 0.29) is 12.7 Å². The summed E-state index contributed by atoms with van der Waals surface area (Å²) < 4.78 is 34.4. The molecule has 0 spiro atoms. The monoisotopic (exact) mass is 628 g/mol. The molecule has 5 rings (SSSR count). The Morgan fingerprint density at radius 1 is 0.773 bits per heavy atom. The van der Waals surface area contributed by atoms with E-state index in [2.05, 4.69) is 0 Å². The van der Waals surface area contributed by atoms with Crippen LogP contribution in [0, 0.1) is 11.8 Å². The summed E-state index contributed by atoms with van der Waals surface area (Å²) in [6.07, 6.45) is -1.31. The maximum absolute atomic E-state index is 12.2. The minimum Gasteiger partial charge on any atom is -0.490 e. The van der Waals surface area contributed by atoms with Gasteiger partial charge in [-0.3, -0.25) is 19.2 Å². The first-order chi connectivity index (χ1) is 21.0. The molecule has 7 atom stereocenters. The SMILES string of the molecule is CC(=O)OCC1OC(c2ccc(Cl)c(Cc3ccc(OC4CC5CC5C4)cc3)c2)C(OC(C)=O)C(OC(C)=O)C1OC(C)=O. The third kappa shape index (κ3) is 7.90. The first-order valence-corrected chi connectivity index (χ1v) is 15.2. The molecule has 10 nitrogen and oxygen atoms in total. The molecule has 0 aromatic heterocycles. The molecule has 1 aliphatic heterocycles. The van der Waals surface area contributed by atoms with E-state index in [9.17, 15) is 19.2 Å². The van der Waals surface area contributed by atoms with Crippen molar-refractivity contribution in [3.8, 4) is 5.75 Å².